The van der Waals surface area contributed by atoms with Gasteiger partial charge in [-0.05, 0) is 40.2 Å². The van der Waals surface area contributed by atoms with E-state index in [0.29, 0.717) is 5.82 Å². The first-order valence-corrected chi connectivity index (χ1v) is 7.47. The fourth-order valence-corrected chi connectivity index (χ4v) is 2.49. The number of ether oxygens (including phenoxy) is 1. The van der Waals surface area contributed by atoms with Crippen molar-refractivity contribution in [3.63, 3.8) is 0 Å². The van der Waals surface area contributed by atoms with Crippen LogP contribution in [-0.4, -0.2) is 35.3 Å². The van der Waals surface area contributed by atoms with Gasteiger partial charge in [-0.2, -0.15) is 0 Å². The third kappa shape index (κ3) is 3.02. The molecule has 0 spiro atoms. The number of hydrazine groups is 1. The molecular weight excluding hydrogens is 350 g/mol. The number of nitrogens with one attached hydrogen (secondary N) is 1. The molecule has 8 heteroatoms. The van der Waals surface area contributed by atoms with Gasteiger partial charge in [-0.1, -0.05) is 12.1 Å². The molecule has 3 N–H and O–H groups in total. The smallest absolute Gasteiger partial charge is 0.285 e. The average Bonchev–Trinajstić information content (AvgIpc) is 2.51. The first kappa shape index (κ1) is 14.7. The van der Waals surface area contributed by atoms with Gasteiger partial charge in [0.05, 0.1) is 17.6 Å². The number of halogens is 1. The van der Waals surface area contributed by atoms with Crippen molar-refractivity contribution in [1.29, 1.82) is 0 Å². The summed E-state index contributed by atoms with van der Waals surface area (Å²) >= 11 is 3.46. The molecule has 1 amide bonds. The summed E-state index contributed by atoms with van der Waals surface area (Å²) in [6.07, 6.45) is 0.104. The highest BCUT2D eigenvalue weighted by Gasteiger charge is 2.30. The Morgan fingerprint density at radius 1 is 1.27 bits per heavy atom. The molecule has 114 valence electrons. The zero-order valence-corrected chi connectivity index (χ0v) is 13.2. The van der Waals surface area contributed by atoms with Gasteiger partial charge in [-0.25, -0.2) is 5.84 Å². The molecule has 1 aliphatic heterocycles. The van der Waals surface area contributed by atoms with Crippen LogP contribution >= 0.6 is 15.9 Å². The number of carbonyl (C=O) groups excluding carboxylic acids is 1. The van der Waals surface area contributed by atoms with Crippen molar-refractivity contribution < 1.29 is 9.53 Å². The zero-order chi connectivity index (χ0) is 15.5. The summed E-state index contributed by atoms with van der Waals surface area (Å²) < 4.78 is 6.83. The Labute approximate surface area is 135 Å². The van der Waals surface area contributed by atoms with E-state index >= 15 is 0 Å². The van der Waals surface area contributed by atoms with E-state index in [0.717, 1.165) is 23.3 Å². The van der Waals surface area contributed by atoms with Crippen LogP contribution in [0.1, 0.15) is 10.5 Å². The highest BCUT2D eigenvalue weighted by atomic mass is 79.9. The normalized spacial score (nSPS) is 14.4. The van der Waals surface area contributed by atoms with Gasteiger partial charge < -0.3 is 9.64 Å². The number of hydrogen-bond donors (Lipinski definition) is 2. The lowest BCUT2D eigenvalue weighted by Gasteiger charge is -2.39. The zero-order valence-electron chi connectivity index (χ0n) is 11.6. The summed E-state index contributed by atoms with van der Waals surface area (Å²) in [5, 5.41) is 7.87. The van der Waals surface area contributed by atoms with E-state index in [9.17, 15) is 4.79 Å². The summed E-state index contributed by atoms with van der Waals surface area (Å²) in [6.45, 7) is 1.44. The van der Waals surface area contributed by atoms with Crippen molar-refractivity contribution in [2.75, 3.05) is 18.0 Å². The Morgan fingerprint density at radius 2 is 2.05 bits per heavy atom. The number of hydrogen-bond acceptors (Lipinski definition) is 6. The van der Waals surface area contributed by atoms with Gasteiger partial charge in [-0.3, -0.25) is 10.2 Å². The van der Waals surface area contributed by atoms with Gasteiger partial charge in [-0.15, -0.1) is 10.2 Å². The first-order valence-electron chi connectivity index (χ1n) is 6.68. The maximum Gasteiger partial charge on any atom is 0.285 e. The third-order valence-corrected chi connectivity index (χ3v) is 3.97. The monoisotopic (exact) mass is 363 g/mol. The van der Waals surface area contributed by atoms with Crippen molar-refractivity contribution in [1.82, 2.24) is 15.6 Å². The standard InChI is InChI=1S/C14H14BrN5O2/c15-10-3-1-2-4-12(10)22-9-7-20(8-9)13-6-5-11(18-19-13)14(21)17-16/h1-6,9H,7-8,16H2,(H,17,21). The minimum Gasteiger partial charge on any atom is -0.486 e. The molecule has 0 unspecified atom stereocenters. The van der Waals surface area contributed by atoms with Crippen molar-refractivity contribution in [3.05, 3.63) is 46.6 Å². The Hall–Kier alpha value is -2.19. The summed E-state index contributed by atoms with van der Waals surface area (Å²) in [5.74, 6) is 6.12. The Balaban J connectivity index is 1.57. The van der Waals surface area contributed by atoms with Crippen LogP contribution in [0, 0.1) is 0 Å². The number of aromatic nitrogens is 2. The topological polar surface area (TPSA) is 93.4 Å². The maximum atomic E-state index is 11.3. The summed E-state index contributed by atoms with van der Waals surface area (Å²) in [6, 6.07) is 11.1. The summed E-state index contributed by atoms with van der Waals surface area (Å²) in [4.78, 5) is 13.3. The van der Waals surface area contributed by atoms with E-state index in [1.807, 2.05) is 34.6 Å². The number of benzene rings is 1. The number of nitrogens with two attached hydrogens (primary N) is 1. The SMILES string of the molecule is NNC(=O)c1ccc(N2CC(Oc3ccccc3Br)C2)nn1. The highest BCUT2D eigenvalue weighted by Crippen LogP contribution is 2.28. The molecule has 1 fully saturated rings. The second-order valence-electron chi connectivity index (χ2n) is 4.83. The molecule has 7 nitrogen and oxygen atoms in total. The van der Waals surface area contributed by atoms with E-state index < -0.39 is 5.91 Å². The molecular formula is C14H14BrN5O2. The molecule has 0 radical (unpaired) electrons. The molecule has 1 aromatic heterocycles. The largest absolute Gasteiger partial charge is 0.486 e. The van der Waals surface area contributed by atoms with E-state index in [4.69, 9.17) is 10.6 Å². The van der Waals surface area contributed by atoms with Gasteiger partial charge in [0.15, 0.2) is 11.5 Å². The van der Waals surface area contributed by atoms with Gasteiger partial charge in [0.2, 0.25) is 0 Å². The number of nitrogens with zero attached hydrogens (tertiary/aromatic N) is 3. The highest BCUT2D eigenvalue weighted by molar-refractivity contribution is 9.10. The summed E-state index contributed by atoms with van der Waals surface area (Å²) in [5.41, 5.74) is 2.21. The molecule has 0 aliphatic carbocycles. The molecule has 3 rings (SSSR count). The molecule has 0 saturated carbocycles. The first-order chi connectivity index (χ1) is 10.7. The van der Waals surface area contributed by atoms with Gasteiger partial charge in [0, 0.05) is 0 Å². The minimum absolute atomic E-state index is 0.104. The molecule has 22 heavy (non-hydrogen) atoms. The number of nitrogen functional groups attached to an aromatic ring is 1. The molecule has 0 atom stereocenters. The number of amides is 1. The van der Waals surface area contributed by atoms with E-state index in [2.05, 4.69) is 26.1 Å². The predicted molar refractivity (Wildman–Crippen MR) is 84.5 cm³/mol. The third-order valence-electron chi connectivity index (χ3n) is 3.32. The van der Waals surface area contributed by atoms with Crippen molar-refractivity contribution in [3.8, 4) is 5.75 Å². The van der Waals surface area contributed by atoms with E-state index in [1.54, 1.807) is 12.1 Å². The molecule has 1 aliphatic rings. The number of rotatable bonds is 4. The van der Waals surface area contributed by atoms with Crippen LogP contribution in [0.25, 0.3) is 0 Å². The van der Waals surface area contributed by atoms with Crippen LogP contribution in [-0.2, 0) is 0 Å². The number of anilines is 1. The second-order valence-corrected chi connectivity index (χ2v) is 5.68. The van der Waals surface area contributed by atoms with Gasteiger partial charge in [0.1, 0.15) is 11.9 Å². The van der Waals surface area contributed by atoms with Crippen molar-refractivity contribution in [2.45, 2.75) is 6.10 Å². The average molecular weight is 364 g/mol. The van der Waals surface area contributed by atoms with Crippen LogP contribution in [0.5, 0.6) is 5.75 Å². The van der Waals surface area contributed by atoms with E-state index in [1.165, 1.54) is 0 Å². The quantitative estimate of drug-likeness (QED) is 0.480. The summed E-state index contributed by atoms with van der Waals surface area (Å²) in [7, 11) is 0. The number of para-hydroxylation sites is 1. The maximum absolute atomic E-state index is 11.3. The van der Waals surface area contributed by atoms with Crippen LogP contribution in [0.15, 0.2) is 40.9 Å². The fraction of sp³-hybridized carbons (Fsp3) is 0.214. The van der Waals surface area contributed by atoms with Crippen LogP contribution in [0.2, 0.25) is 0 Å². The molecule has 1 saturated heterocycles. The van der Waals surface area contributed by atoms with Gasteiger partial charge >= 0.3 is 0 Å². The van der Waals surface area contributed by atoms with E-state index in [-0.39, 0.29) is 11.8 Å². The Morgan fingerprint density at radius 3 is 2.68 bits per heavy atom. The Bertz CT molecular complexity index is 673. The lowest BCUT2D eigenvalue weighted by molar-refractivity contribution is 0.0947. The van der Waals surface area contributed by atoms with Gasteiger partial charge in [0.25, 0.3) is 5.91 Å². The van der Waals surface area contributed by atoms with Crippen LogP contribution < -0.4 is 20.9 Å². The molecule has 2 heterocycles. The van der Waals surface area contributed by atoms with Crippen molar-refractivity contribution in [2.24, 2.45) is 5.84 Å². The lowest BCUT2D eigenvalue weighted by atomic mass is 10.1. The number of carbonyl (C=O) groups is 1. The molecule has 0 bridgehead atoms. The van der Waals surface area contributed by atoms with Crippen molar-refractivity contribution >= 4 is 27.7 Å². The lowest BCUT2D eigenvalue weighted by Crippen LogP contribution is -2.54. The molecule has 1 aromatic carbocycles. The van der Waals surface area contributed by atoms with Crippen LogP contribution in [0.4, 0.5) is 5.82 Å². The predicted octanol–water partition coefficient (Wildman–Crippen LogP) is 1.11. The fourth-order valence-electron chi connectivity index (χ4n) is 2.11. The minimum atomic E-state index is -0.460. The van der Waals surface area contributed by atoms with Crippen LogP contribution in [0.3, 0.4) is 0 Å². The Kier molecular flexibility index (Phi) is 4.21. The second kappa shape index (κ2) is 6.29. The molecule has 2 aromatic rings.